The summed E-state index contributed by atoms with van der Waals surface area (Å²) in [5, 5.41) is 3.24. The topological polar surface area (TPSA) is 95.6 Å². The molecule has 0 saturated carbocycles. The highest BCUT2D eigenvalue weighted by atomic mass is 35.5. The molecule has 9 heteroatoms. The quantitative estimate of drug-likeness (QED) is 0.685. The lowest BCUT2D eigenvalue weighted by atomic mass is 10.0. The number of aryl methyl sites for hydroxylation is 1. The van der Waals surface area contributed by atoms with Crippen LogP contribution in [0.3, 0.4) is 0 Å². The van der Waals surface area contributed by atoms with Crippen molar-refractivity contribution < 1.29 is 18.0 Å². The Morgan fingerprint density at radius 1 is 1.13 bits per heavy atom. The smallest absolute Gasteiger partial charge is 0.242 e. The average Bonchev–Trinajstić information content (AvgIpc) is 3.12. The Hall–Kier alpha value is -2.42. The summed E-state index contributed by atoms with van der Waals surface area (Å²) in [5.41, 5.74) is 2.86. The van der Waals surface area contributed by atoms with Gasteiger partial charge in [0, 0.05) is 29.9 Å². The van der Waals surface area contributed by atoms with Gasteiger partial charge in [-0.2, -0.15) is 4.72 Å². The third-order valence-electron chi connectivity index (χ3n) is 5.33. The van der Waals surface area contributed by atoms with Gasteiger partial charge >= 0.3 is 0 Å². The van der Waals surface area contributed by atoms with Crippen molar-refractivity contribution in [3.05, 3.63) is 52.5 Å². The first-order valence-corrected chi connectivity index (χ1v) is 11.9. The van der Waals surface area contributed by atoms with Crippen LogP contribution in [0.5, 0.6) is 0 Å². The predicted molar refractivity (Wildman–Crippen MR) is 122 cm³/mol. The molecule has 2 aromatic rings. The lowest BCUT2D eigenvalue weighted by Gasteiger charge is -2.22. The molecule has 166 valence electrons. The van der Waals surface area contributed by atoms with Crippen LogP contribution < -0.4 is 14.9 Å². The fraction of sp³-hybridized carbons (Fsp3) is 0.364. The number of rotatable bonds is 6. The van der Waals surface area contributed by atoms with Gasteiger partial charge in [0.05, 0.1) is 4.90 Å². The minimum atomic E-state index is -3.96. The Labute approximate surface area is 187 Å². The maximum absolute atomic E-state index is 13.0. The minimum Gasteiger partial charge on any atom is -0.324 e. The van der Waals surface area contributed by atoms with Gasteiger partial charge < -0.3 is 10.2 Å². The molecule has 0 aliphatic carbocycles. The number of amides is 2. The van der Waals surface area contributed by atoms with Gasteiger partial charge in [0.2, 0.25) is 21.8 Å². The van der Waals surface area contributed by atoms with Crippen molar-refractivity contribution in [2.75, 3.05) is 16.8 Å². The summed E-state index contributed by atoms with van der Waals surface area (Å²) >= 11 is 6.02. The van der Waals surface area contributed by atoms with E-state index in [1.54, 1.807) is 49.1 Å². The summed E-state index contributed by atoms with van der Waals surface area (Å²) in [4.78, 5) is 26.3. The second kappa shape index (κ2) is 8.98. The monoisotopic (exact) mass is 463 g/mol. The Morgan fingerprint density at radius 3 is 2.48 bits per heavy atom. The van der Waals surface area contributed by atoms with E-state index in [0.717, 1.165) is 16.8 Å². The van der Waals surface area contributed by atoms with Crippen LogP contribution in [-0.2, 0) is 26.0 Å². The molecule has 2 N–H and O–H groups in total. The van der Waals surface area contributed by atoms with Gasteiger partial charge in [0.15, 0.2) is 0 Å². The van der Waals surface area contributed by atoms with Crippen LogP contribution in [-0.4, -0.2) is 32.8 Å². The van der Waals surface area contributed by atoms with Gasteiger partial charge in [0.1, 0.15) is 6.04 Å². The van der Waals surface area contributed by atoms with Gasteiger partial charge in [-0.3, -0.25) is 9.59 Å². The molecule has 1 atom stereocenters. The van der Waals surface area contributed by atoms with Crippen molar-refractivity contribution in [1.29, 1.82) is 0 Å². The van der Waals surface area contributed by atoms with Crippen LogP contribution in [0.25, 0.3) is 0 Å². The van der Waals surface area contributed by atoms with E-state index in [1.165, 1.54) is 13.0 Å². The molecule has 0 saturated heterocycles. The van der Waals surface area contributed by atoms with Crippen LogP contribution >= 0.6 is 11.6 Å². The first-order chi connectivity index (χ1) is 14.5. The number of fused-ring (bicyclic) bond motifs is 1. The first kappa shape index (κ1) is 23.2. The number of benzene rings is 2. The van der Waals surface area contributed by atoms with E-state index in [2.05, 4.69) is 10.0 Å². The molecule has 0 bridgehead atoms. The van der Waals surface area contributed by atoms with E-state index in [9.17, 15) is 18.0 Å². The molecule has 7 nitrogen and oxygen atoms in total. The Balaban J connectivity index is 1.83. The molecule has 1 heterocycles. The number of sulfonamides is 1. The summed E-state index contributed by atoms with van der Waals surface area (Å²) in [6.45, 7) is 7.37. The zero-order valence-corrected chi connectivity index (χ0v) is 19.5. The van der Waals surface area contributed by atoms with Gasteiger partial charge in [-0.05, 0) is 60.7 Å². The normalized spacial score (nSPS) is 14.5. The highest BCUT2D eigenvalue weighted by molar-refractivity contribution is 7.89. The van der Waals surface area contributed by atoms with Crippen LogP contribution in [0, 0.1) is 12.8 Å². The number of anilines is 2. The molecule has 3 rings (SSSR count). The van der Waals surface area contributed by atoms with Gasteiger partial charge in [-0.25, -0.2) is 8.42 Å². The predicted octanol–water partition coefficient (Wildman–Crippen LogP) is 3.50. The third-order valence-corrected chi connectivity index (χ3v) is 7.00. The maximum atomic E-state index is 13.0. The van der Waals surface area contributed by atoms with Gasteiger partial charge in [0.25, 0.3) is 0 Å². The van der Waals surface area contributed by atoms with Crippen LogP contribution in [0.2, 0.25) is 5.02 Å². The zero-order chi connectivity index (χ0) is 22.9. The van der Waals surface area contributed by atoms with E-state index >= 15 is 0 Å². The molecule has 1 aliphatic rings. The molecule has 0 fully saturated rings. The third kappa shape index (κ3) is 5.08. The van der Waals surface area contributed by atoms with Crippen molar-refractivity contribution in [2.45, 2.75) is 45.1 Å². The minimum absolute atomic E-state index is 0.0639. The highest BCUT2D eigenvalue weighted by Crippen LogP contribution is 2.30. The van der Waals surface area contributed by atoms with Crippen molar-refractivity contribution >= 4 is 44.8 Å². The fourth-order valence-corrected chi connectivity index (χ4v) is 5.11. The number of carbonyl (C=O) groups excluding carboxylic acids is 2. The number of carbonyl (C=O) groups is 2. The van der Waals surface area contributed by atoms with Crippen molar-refractivity contribution in [3.63, 3.8) is 0 Å². The van der Waals surface area contributed by atoms with Crippen molar-refractivity contribution in [1.82, 2.24) is 4.72 Å². The first-order valence-electron chi connectivity index (χ1n) is 10.00. The highest BCUT2D eigenvalue weighted by Gasteiger charge is 2.30. The average molecular weight is 464 g/mol. The van der Waals surface area contributed by atoms with Gasteiger partial charge in [-0.1, -0.05) is 31.5 Å². The summed E-state index contributed by atoms with van der Waals surface area (Å²) in [5.74, 6) is -0.843. The number of hydrogen-bond acceptors (Lipinski definition) is 4. The van der Waals surface area contributed by atoms with E-state index in [4.69, 9.17) is 11.6 Å². The molecule has 0 spiro atoms. The second-order valence-electron chi connectivity index (χ2n) is 8.00. The number of nitrogens with one attached hydrogen (secondary N) is 2. The van der Waals surface area contributed by atoms with Crippen LogP contribution in [0.4, 0.5) is 11.4 Å². The molecular formula is C22H26ClN3O4S. The molecule has 31 heavy (non-hydrogen) atoms. The summed E-state index contributed by atoms with van der Waals surface area (Å²) < 4.78 is 28.6. The molecule has 1 unspecified atom stereocenters. The SMILES string of the molecule is CC(=O)N1CCc2cc(S(=O)(=O)NC(C(=O)Nc3cc(Cl)ccc3C)C(C)C)ccc21. The molecular weight excluding hydrogens is 438 g/mol. The van der Waals surface area contributed by atoms with Crippen LogP contribution in [0.1, 0.15) is 31.9 Å². The molecule has 2 amide bonds. The Kier molecular flexibility index (Phi) is 6.73. The van der Waals surface area contributed by atoms with E-state index < -0.39 is 22.0 Å². The molecule has 2 aromatic carbocycles. The zero-order valence-electron chi connectivity index (χ0n) is 17.9. The van der Waals surface area contributed by atoms with Crippen molar-refractivity contribution in [2.24, 2.45) is 5.92 Å². The van der Waals surface area contributed by atoms with E-state index in [0.29, 0.717) is 23.7 Å². The van der Waals surface area contributed by atoms with E-state index in [-0.39, 0.29) is 16.7 Å². The largest absolute Gasteiger partial charge is 0.324 e. The van der Waals surface area contributed by atoms with E-state index in [1.807, 2.05) is 6.92 Å². The fourth-order valence-electron chi connectivity index (χ4n) is 3.54. The van der Waals surface area contributed by atoms with Crippen molar-refractivity contribution in [3.8, 4) is 0 Å². The summed E-state index contributed by atoms with van der Waals surface area (Å²) in [7, 11) is -3.96. The Morgan fingerprint density at radius 2 is 1.84 bits per heavy atom. The standard InChI is InChI=1S/C22H26ClN3O4S/c1-13(2)21(22(28)24-19-12-17(23)6-5-14(19)3)25-31(29,30)18-7-8-20-16(11-18)9-10-26(20)15(4)27/h5-8,11-13,21,25H,9-10H2,1-4H3,(H,24,28). The maximum Gasteiger partial charge on any atom is 0.242 e. The molecule has 0 aromatic heterocycles. The van der Waals surface area contributed by atoms with Gasteiger partial charge in [-0.15, -0.1) is 0 Å². The Bertz CT molecular complexity index is 1130. The number of hydrogen-bond donors (Lipinski definition) is 2. The van der Waals surface area contributed by atoms with Crippen LogP contribution in [0.15, 0.2) is 41.3 Å². The number of halogens is 1. The molecule has 0 radical (unpaired) electrons. The lowest BCUT2D eigenvalue weighted by Crippen LogP contribution is -2.47. The molecule has 1 aliphatic heterocycles. The number of nitrogens with zero attached hydrogens (tertiary/aromatic N) is 1. The summed E-state index contributed by atoms with van der Waals surface area (Å²) in [6.07, 6.45) is 0.584. The second-order valence-corrected chi connectivity index (χ2v) is 10.2. The lowest BCUT2D eigenvalue weighted by molar-refractivity contribution is -0.118. The summed E-state index contributed by atoms with van der Waals surface area (Å²) in [6, 6.07) is 8.80.